The Bertz CT molecular complexity index is 1050. The largest absolute Gasteiger partial charge is 0.343 e. The van der Waals surface area contributed by atoms with Gasteiger partial charge < -0.3 is 4.98 Å². The Hall–Kier alpha value is -2.46. The van der Waals surface area contributed by atoms with Crippen molar-refractivity contribution < 1.29 is 0 Å². The maximum Gasteiger partial charge on any atom is 0.191 e. The van der Waals surface area contributed by atoms with Gasteiger partial charge in [0.05, 0.1) is 5.39 Å². The number of thiophene rings is 1. The zero-order valence-corrected chi connectivity index (χ0v) is 12.9. The predicted molar refractivity (Wildman–Crippen MR) is 91.7 cm³/mol. The van der Waals surface area contributed by atoms with Crippen molar-refractivity contribution in [2.24, 2.45) is 0 Å². The van der Waals surface area contributed by atoms with Crippen molar-refractivity contribution in [1.29, 1.82) is 0 Å². The number of rotatable bonds is 2. The van der Waals surface area contributed by atoms with Gasteiger partial charge in [0.2, 0.25) is 0 Å². The monoisotopic (exact) mass is 306 g/mol. The van der Waals surface area contributed by atoms with Crippen LogP contribution in [0.4, 0.5) is 0 Å². The molecule has 0 amide bonds. The highest BCUT2D eigenvalue weighted by Gasteiger charge is 2.08. The molecule has 0 saturated carbocycles. The lowest BCUT2D eigenvalue weighted by Crippen LogP contribution is -2.07. The first-order valence-electron chi connectivity index (χ1n) is 7.15. The van der Waals surface area contributed by atoms with Gasteiger partial charge in [0.25, 0.3) is 0 Å². The predicted octanol–water partition coefficient (Wildman–Crippen LogP) is 4.04. The van der Waals surface area contributed by atoms with Crippen molar-refractivity contribution in [2.45, 2.75) is 13.3 Å². The minimum absolute atomic E-state index is 0.0239. The zero-order chi connectivity index (χ0) is 15.1. The molecule has 0 aliphatic rings. The summed E-state index contributed by atoms with van der Waals surface area (Å²) in [6, 6.07) is 13.7. The van der Waals surface area contributed by atoms with Crippen LogP contribution in [0.3, 0.4) is 0 Å². The summed E-state index contributed by atoms with van der Waals surface area (Å²) in [5.74, 6) is 0. The molecule has 3 heterocycles. The first kappa shape index (κ1) is 13.2. The van der Waals surface area contributed by atoms with Crippen molar-refractivity contribution >= 4 is 32.5 Å². The standard InChI is InChI=1S/C18H14N2OS/c1-11-6-7-15-16(21)9-13(20-18(15)19-11)8-12-10-22-17-5-3-2-4-14(12)17/h2-7,9-10H,8H2,1H3,(H,19,20,21). The molecule has 0 aliphatic carbocycles. The molecule has 108 valence electrons. The van der Waals surface area contributed by atoms with Crippen LogP contribution >= 0.6 is 11.3 Å². The highest BCUT2D eigenvalue weighted by atomic mass is 32.1. The van der Waals surface area contributed by atoms with Crippen LogP contribution in [-0.4, -0.2) is 9.97 Å². The van der Waals surface area contributed by atoms with Gasteiger partial charge in [0.1, 0.15) is 5.65 Å². The summed E-state index contributed by atoms with van der Waals surface area (Å²) in [5.41, 5.74) is 3.74. The number of fused-ring (bicyclic) bond motifs is 2. The minimum atomic E-state index is 0.0239. The molecule has 3 aromatic heterocycles. The first-order chi connectivity index (χ1) is 10.7. The number of H-pyrrole nitrogens is 1. The molecule has 1 N–H and O–H groups in total. The lowest BCUT2D eigenvalue weighted by molar-refractivity contribution is 1.08. The Kier molecular flexibility index (Phi) is 3.05. The maximum absolute atomic E-state index is 12.2. The zero-order valence-electron chi connectivity index (χ0n) is 12.1. The van der Waals surface area contributed by atoms with Gasteiger partial charge in [-0.25, -0.2) is 4.98 Å². The molecule has 0 bridgehead atoms. The topological polar surface area (TPSA) is 45.8 Å². The first-order valence-corrected chi connectivity index (χ1v) is 8.03. The second-order valence-corrected chi connectivity index (χ2v) is 6.35. The fourth-order valence-corrected chi connectivity index (χ4v) is 3.71. The SMILES string of the molecule is Cc1ccc2c(=O)cc(Cc3csc4ccccc34)[nH]c2n1. The maximum atomic E-state index is 12.2. The number of hydrogen-bond acceptors (Lipinski definition) is 3. The quantitative estimate of drug-likeness (QED) is 0.607. The molecule has 0 radical (unpaired) electrons. The molecule has 3 nitrogen and oxygen atoms in total. The number of benzene rings is 1. The summed E-state index contributed by atoms with van der Waals surface area (Å²) in [6.45, 7) is 1.93. The van der Waals surface area contributed by atoms with E-state index < -0.39 is 0 Å². The van der Waals surface area contributed by atoms with E-state index in [1.807, 2.05) is 31.2 Å². The lowest BCUT2D eigenvalue weighted by Gasteiger charge is -2.04. The van der Waals surface area contributed by atoms with Gasteiger partial charge in [0.15, 0.2) is 5.43 Å². The van der Waals surface area contributed by atoms with Gasteiger partial charge in [-0.1, -0.05) is 18.2 Å². The van der Waals surface area contributed by atoms with E-state index in [0.717, 1.165) is 11.4 Å². The van der Waals surface area contributed by atoms with Crippen LogP contribution in [0.1, 0.15) is 17.0 Å². The van der Waals surface area contributed by atoms with Crippen LogP contribution in [0.5, 0.6) is 0 Å². The number of aryl methyl sites for hydroxylation is 1. The second-order valence-electron chi connectivity index (χ2n) is 5.44. The van der Waals surface area contributed by atoms with Gasteiger partial charge in [-0.05, 0) is 41.5 Å². The van der Waals surface area contributed by atoms with Crippen molar-refractivity contribution in [1.82, 2.24) is 9.97 Å². The van der Waals surface area contributed by atoms with Crippen LogP contribution in [-0.2, 0) is 6.42 Å². The summed E-state index contributed by atoms with van der Waals surface area (Å²) in [4.78, 5) is 20.0. The van der Waals surface area contributed by atoms with E-state index in [0.29, 0.717) is 17.5 Å². The van der Waals surface area contributed by atoms with E-state index in [2.05, 4.69) is 27.5 Å². The molecule has 0 fully saturated rings. The van der Waals surface area contributed by atoms with E-state index in [-0.39, 0.29) is 5.43 Å². The molecule has 0 saturated heterocycles. The lowest BCUT2D eigenvalue weighted by atomic mass is 10.1. The minimum Gasteiger partial charge on any atom is -0.343 e. The number of nitrogens with zero attached hydrogens (tertiary/aromatic N) is 1. The van der Waals surface area contributed by atoms with Gasteiger partial charge in [-0.2, -0.15) is 0 Å². The Labute approximate surface area is 131 Å². The summed E-state index contributed by atoms with van der Waals surface area (Å²) in [7, 11) is 0. The Morgan fingerprint density at radius 3 is 2.91 bits per heavy atom. The van der Waals surface area contributed by atoms with E-state index in [9.17, 15) is 4.79 Å². The highest BCUT2D eigenvalue weighted by Crippen LogP contribution is 2.27. The van der Waals surface area contributed by atoms with E-state index in [1.54, 1.807) is 17.4 Å². The van der Waals surface area contributed by atoms with Crippen molar-refractivity contribution in [3.05, 3.63) is 75.0 Å². The van der Waals surface area contributed by atoms with Crippen LogP contribution < -0.4 is 5.43 Å². The van der Waals surface area contributed by atoms with Crippen molar-refractivity contribution in [3.8, 4) is 0 Å². The molecule has 0 unspecified atom stereocenters. The molecular formula is C18H14N2OS. The fourth-order valence-electron chi connectivity index (χ4n) is 2.75. The average Bonchev–Trinajstić information content (AvgIpc) is 2.90. The van der Waals surface area contributed by atoms with E-state index >= 15 is 0 Å². The Morgan fingerprint density at radius 2 is 2.00 bits per heavy atom. The molecule has 1 aromatic carbocycles. The van der Waals surface area contributed by atoms with Crippen LogP contribution in [0.15, 0.2) is 52.6 Å². The highest BCUT2D eigenvalue weighted by molar-refractivity contribution is 7.17. The van der Waals surface area contributed by atoms with Crippen LogP contribution in [0, 0.1) is 6.92 Å². The van der Waals surface area contributed by atoms with E-state index in [1.165, 1.54) is 15.6 Å². The third-order valence-corrected chi connectivity index (χ3v) is 4.84. The fraction of sp³-hybridized carbons (Fsp3) is 0.111. The third-order valence-electron chi connectivity index (χ3n) is 3.83. The summed E-state index contributed by atoms with van der Waals surface area (Å²) in [6.07, 6.45) is 0.713. The molecular weight excluding hydrogens is 292 g/mol. The summed E-state index contributed by atoms with van der Waals surface area (Å²) in [5, 5.41) is 4.06. The number of aromatic amines is 1. The summed E-state index contributed by atoms with van der Waals surface area (Å²) >= 11 is 1.74. The molecule has 4 heteroatoms. The molecule has 4 rings (SSSR count). The van der Waals surface area contributed by atoms with Gasteiger partial charge in [0, 0.05) is 28.6 Å². The molecule has 0 aliphatic heterocycles. The van der Waals surface area contributed by atoms with Crippen molar-refractivity contribution in [3.63, 3.8) is 0 Å². The number of hydrogen-bond donors (Lipinski definition) is 1. The van der Waals surface area contributed by atoms with Gasteiger partial charge in [-0.3, -0.25) is 4.79 Å². The number of nitrogens with one attached hydrogen (secondary N) is 1. The molecule has 0 atom stereocenters. The van der Waals surface area contributed by atoms with Crippen LogP contribution in [0.25, 0.3) is 21.1 Å². The Morgan fingerprint density at radius 1 is 1.14 bits per heavy atom. The Balaban J connectivity index is 1.83. The van der Waals surface area contributed by atoms with Crippen molar-refractivity contribution in [2.75, 3.05) is 0 Å². The van der Waals surface area contributed by atoms with Crippen LogP contribution in [0.2, 0.25) is 0 Å². The number of pyridine rings is 2. The third kappa shape index (κ3) is 2.22. The van der Waals surface area contributed by atoms with E-state index in [4.69, 9.17) is 0 Å². The normalized spacial score (nSPS) is 11.3. The average molecular weight is 306 g/mol. The smallest absolute Gasteiger partial charge is 0.191 e. The van der Waals surface area contributed by atoms with Gasteiger partial charge in [-0.15, -0.1) is 11.3 Å². The molecule has 4 aromatic rings. The number of aromatic nitrogens is 2. The molecule has 0 spiro atoms. The second kappa shape index (κ2) is 5.07. The summed E-state index contributed by atoms with van der Waals surface area (Å²) < 4.78 is 1.27. The van der Waals surface area contributed by atoms with Gasteiger partial charge >= 0.3 is 0 Å². The molecule has 22 heavy (non-hydrogen) atoms.